The van der Waals surface area contributed by atoms with Crippen LogP contribution in [0.2, 0.25) is 0 Å². The van der Waals surface area contributed by atoms with E-state index in [4.69, 9.17) is 10.5 Å². The molecule has 2 nitrogen and oxygen atoms in total. The van der Waals surface area contributed by atoms with Crippen LogP contribution >= 0.6 is 0 Å². The van der Waals surface area contributed by atoms with Crippen LogP contribution in [-0.2, 0) is 0 Å². The molecule has 0 aliphatic heterocycles. The van der Waals surface area contributed by atoms with Crippen LogP contribution in [0, 0.1) is 5.82 Å². The minimum absolute atomic E-state index is 0.268. The Kier molecular flexibility index (Phi) is 3.99. The van der Waals surface area contributed by atoms with Crippen LogP contribution in [0.4, 0.5) is 4.39 Å². The Morgan fingerprint density at radius 3 is 2.77 bits per heavy atom. The zero-order valence-electron chi connectivity index (χ0n) is 7.24. The van der Waals surface area contributed by atoms with Crippen molar-refractivity contribution in [3.8, 4) is 5.75 Å². The molecule has 1 aromatic carbocycles. The van der Waals surface area contributed by atoms with E-state index >= 15 is 0 Å². The predicted molar refractivity (Wildman–Crippen MR) is 50.1 cm³/mol. The summed E-state index contributed by atoms with van der Waals surface area (Å²) in [5.41, 5.74) is 5.22. The van der Waals surface area contributed by atoms with Gasteiger partial charge in [-0.05, 0) is 12.1 Å². The maximum Gasteiger partial charge on any atom is 0.165 e. The highest BCUT2D eigenvalue weighted by Crippen LogP contribution is 2.14. The lowest BCUT2D eigenvalue weighted by Gasteiger charge is -2.02. The Hall–Kier alpha value is -1.35. The summed E-state index contributed by atoms with van der Waals surface area (Å²) in [6, 6.07) is 6.30. The SMILES string of the molecule is NCC=CCOc1ccccc1F. The van der Waals surface area contributed by atoms with Crippen molar-refractivity contribution in [3.63, 3.8) is 0 Å². The third kappa shape index (κ3) is 3.25. The van der Waals surface area contributed by atoms with Crippen LogP contribution in [0.25, 0.3) is 0 Å². The molecule has 70 valence electrons. The number of nitrogens with two attached hydrogens (primary N) is 1. The van der Waals surface area contributed by atoms with Gasteiger partial charge in [0, 0.05) is 6.54 Å². The Balaban J connectivity index is 2.45. The van der Waals surface area contributed by atoms with Gasteiger partial charge in [-0.25, -0.2) is 4.39 Å². The van der Waals surface area contributed by atoms with E-state index in [2.05, 4.69) is 0 Å². The lowest BCUT2D eigenvalue weighted by Crippen LogP contribution is -1.98. The molecule has 0 aliphatic carbocycles. The number of para-hydroxylation sites is 1. The minimum Gasteiger partial charge on any atom is -0.486 e. The first-order valence-corrected chi connectivity index (χ1v) is 4.07. The van der Waals surface area contributed by atoms with Gasteiger partial charge in [0.15, 0.2) is 11.6 Å². The predicted octanol–water partition coefficient (Wildman–Crippen LogP) is 1.72. The molecule has 0 spiro atoms. The van der Waals surface area contributed by atoms with E-state index in [9.17, 15) is 4.39 Å². The Morgan fingerprint density at radius 1 is 1.31 bits per heavy atom. The molecule has 0 saturated heterocycles. The Morgan fingerprint density at radius 2 is 2.08 bits per heavy atom. The lowest BCUT2D eigenvalue weighted by molar-refractivity contribution is 0.341. The number of hydrogen-bond donors (Lipinski definition) is 1. The minimum atomic E-state index is -0.344. The molecule has 1 aromatic rings. The van der Waals surface area contributed by atoms with E-state index in [1.165, 1.54) is 6.07 Å². The van der Waals surface area contributed by atoms with Crippen molar-refractivity contribution in [2.24, 2.45) is 5.73 Å². The van der Waals surface area contributed by atoms with Gasteiger partial charge < -0.3 is 10.5 Å². The van der Waals surface area contributed by atoms with E-state index < -0.39 is 0 Å². The van der Waals surface area contributed by atoms with Gasteiger partial charge in [-0.3, -0.25) is 0 Å². The van der Waals surface area contributed by atoms with Crippen LogP contribution in [0.15, 0.2) is 36.4 Å². The Bertz CT molecular complexity index is 286. The molecule has 0 heterocycles. The second-order valence-corrected chi connectivity index (χ2v) is 2.45. The Labute approximate surface area is 76.8 Å². The molecule has 0 amide bonds. The maximum atomic E-state index is 12.9. The summed E-state index contributed by atoms with van der Waals surface area (Å²) in [5, 5.41) is 0. The summed E-state index contributed by atoms with van der Waals surface area (Å²) in [6.45, 7) is 0.818. The molecule has 0 atom stereocenters. The first-order chi connectivity index (χ1) is 6.34. The highest BCUT2D eigenvalue weighted by molar-refractivity contribution is 5.23. The van der Waals surface area contributed by atoms with Crippen molar-refractivity contribution in [1.29, 1.82) is 0 Å². The van der Waals surface area contributed by atoms with Crippen molar-refractivity contribution in [2.45, 2.75) is 0 Å². The number of hydrogen-bond acceptors (Lipinski definition) is 2. The second kappa shape index (κ2) is 5.32. The third-order valence-electron chi connectivity index (χ3n) is 1.47. The van der Waals surface area contributed by atoms with Crippen LogP contribution < -0.4 is 10.5 Å². The van der Waals surface area contributed by atoms with Crippen LogP contribution in [0.5, 0.6) is 5.75 Å². The second-order valence-electron chi connectivity index (χ2n) is 2.45. The fraction of sp³-hybridized carbons (Fsp3) is 0.200. The molecule has 0 aliphatic rings. The average Bonchev–Trinajstić information content (AvgIpc) is 2.15. The number of benzene rings is 1. The molecule has 2 N–H and O–H groups in total. The van der Waals surface area contributed by atoms with Crippen molar-refractivity contribution in [2.75, 3.05) is 13.2 Å². The van der Waals surface area contributed by atoms with Gasteiger partial charge in [0.2, 0.25) is 0 Å². The van der Waals surface area contributed by atoms with Gasteiger partial charge in [0.05, 0.1) is 0 Å². The summed E-state index contributed by atoms with van der Waals surface area (Å²) < 4.78 is 18.0. The van der Waals surface area contributed by atoms with Gasteiger partial charge in [-0.15, -0.1) is 0 Å². The largest absolute Gasteiger partial charge is 0.486 e. The lowest BCUT2D eigenvalue weighted by atomic mass is 10.3. The highest BCUT2D eigenvalue weighted by Gasteiger charge is 1.98. The molecule has 0 saturated carbocycles. The fourth-order valence-electron chi connectivity index (χ4n) is 0.864. The van der Waals surface area contributed by atoms with Crippen molar-refractivity contribution in [3.05, 3.63) is 42.2 Å². The standard InChI is InChI=1S/C10H12FNO/c11-9-5-1-2-6-10(9)13-8-4-3-7-12/h1-6H,7-8,12H2. The van der Waals surface area contributed by atoms with Gasteiger partial charge in [-0.1, -0.05) is 24.3 Å². The van der Waals surface area contributed by atoms with Crippen molar-refractivity contribution < 1.29 is 9.13 Å². The number of rotatable bonds is 4. The first-order valence-electron chi connectivity index (χ1n) is 4.07. The highest BCUT2D eigenvalue weighted by atomic mass is 19.1. The maximum absolute atomic E-state index is 12.9. The van der Waals surface area contributed by atoms with E-state index in [-0.39, 0.29) is 11.6 Å². The summed E-state index contributed by atoms with van der Waals surface area (Å²) in [5.74, 6) is -0.0761. The molecular formula is C10H12FNO. The van der Waals surface area contributed by atoms with Crippen molar-refractivity contribution in [1.82, 2.24) is 0 Å². The van der Waals surface area contributed by atoms with Gasteiger partial charge in [0.1, 0.15) is 6.61 Å². The summed E-state index contributed by atoms with van der Waals surface area (Å²) in [6.07, 6.45) is 3.52. The van der Waals surface area contributed by atoms with E-state index in [0.717, 1.165) is 0 Å². The average molecular weight is 181 g/mol. The zero-order chi connectivity index (χ0) is 9.52. The molecule has 1 rings (SSSR count). The molecule has 0 radical (unpaired) electrons. The number of ether oxygens (including phenoxy) is 1. The monoisotopic (exact) mass is 181 g/mol. The molecule has 0 bridgehead atoms. The fourth-order valence-corrected chi connectivity index (χ4v) is 0.864. The molecule has 3 heteroatoms. The molecule has 13 heavy (non-hydrogen) atoms. The van der Waals surface area contributed by atoms with Crippen molar-refractivity contribution >= 4 is 0 Å². The third-order valence-corrected chi connectivity index (χ3v) is 1.47. The normalized spacial score (nSPS) is 10.6. The van der Waals surface area contributed by atoms with Gasteiger partial charge in [-0.2, -0.15) is 0 Å². The summed E-state index contributed by atoms with van der Waals surface area (Å²) in [7, 11) is 0. The molecular weight excluding hydrogens is 169 g/mol. The van der Waals surface area contributed by atoms with E-state index in [0.29, 0.717) is 13.2 Å². The molecule has 0 fully saturated rings. The zero-order valence-corrected chi connectivity index (χ0v) is 7.24. The van der Waals surface area contributed by atoms with E-state index in [1.807, 2.05) is 0 Å². The van der Waals surface area contributed by atoms with Gasteiger partial charge in [0.25, 0.3) is 0 Å². The van der Waals surface area contributed by atoms with Crippen LogP contribution in [0.3, 0.4) is 0 Å². The van der Waals surface area contributed by atoms with Crippen LogP contribution in [-0.4, -0.2) is 13.2 Å². The van der Waals surface area contributed by atoms with E-state index in [1.54, 1.807) is 30.4 Å². The summed E-state index contributed by atoms with van der Waals surface area (Å²) >= 11 is 0. The topological polar surface area (TPSA) is 35.2 Å². The van der Waals surface area contributed by atoms with Crippen LogP contribution in [0.1, 0.15) is 0 Å². The first kappa shape index (κ1) is 9.74. The smallest absolute Gasteiger partial charge is 0.165 e. The number of halogens is 1. The molecule has 0 aromatic heterocycles. The summed E-state index contributed by atoms with van der Waals surface area (Å²) in [4.78, 5) is 0. The molecule has 0 unspecified atom stereocenters. The van der Waals surface area contributed by atoms with Gasteiger partial charge >= 0.3 is 0 Å². The quantitative estimate of drug-likeness (QED) is 0.718.